The van der Waals surface area contributed by atoms with Gasteiger partial charge in [-0.25, -0.2) is 4.39 Å². The Morgan fingerprint density at radius 1 is 1.00 bits per heavy atom. The SMILES string of the molecule is Fc1ccccc1Oc1ccc(CCl)cc1C(F)(F)F. The minimum Gasteiger partial charge on any atom is -0.454 e. The topological polar surface area (TPSA) is 9.23 Å². The van der Waals surface area contributed by atoms with E-state index in [1.807, 2.05) is 0 Å². The maximum atomic E-state index is 13.4. The van der Waals surface area contributed by atoms with Crippen molar-refractivity contribution < 1.29 is 22.3 Å². The van der Waals surface area contributed by atoms with Crippen LogP contribution in [0.25, 0.3) is 0 Å². The third kappa shape index (κ3) is 3.22. The van der Waals surface area contributed by atoms with Crippen LogP contribution in [-0.2, 0) is 12.1 Å². The molecule has 0 saturated carbocycles. The minimum atomic E-state index is -4.61. The summed E-state index contributed by atoms with van der Waals surface area (Å²) in [5.74, 6) is -1.52. The van der Waals surface area contributed by atoms with Crippen LogP contribution in [0.4, 0.5) is 17.6 Å². The standard InChI is InChI=1S/C14H9ClF4O/c15-8-9-5-6-12(10(7-9)14(17,18)19)20-13-4-2-1-3-11(13)16/h1-7H,8H2. The molecule has 2 aromatic rings. The summed E-state index contributed by atoms with van der Waals surface area (Å²) in [7, 11) is 0. The van der Waals surface area contributed by atoms with E-state index < -0.39 is 23.3 Å². The third-order valence-electron chi connectivity index (χ3n) is 2.56. The van der Waals surface area contributed by atoms with Crippen LogP contribution in [0.15, 0.2) is 42.5 Å². The van der Waals surface area contributed by atoms with E-state index in [2.05, 4.69) is 0 Å². The van der Waals surface area contributed by atoms with Gasteiger partial charge < -0.3 is 4.74 Å². The molecule has 2 aromatic carbocycles. The summed E-state index contributed by atoms with van der Waals surface area (Å²) in [6.07, 6.45) is -4.61. The van der Waals surface area contributed by atoms with Crippen LogP contribution < -0.4 is 4.74 Å². The molecule has 0 saturated heterocycles. The second-order valence-electron chi connectivity index (χ2n) is 3.99. The minimum absolute atomic E-state index is 0.0525. The van der Waals surface area contributed by atoms with Crippen LogP contribution in [0.3, 0.4) is 0 Å². The number of ether oxygens (including phenoxy) is 1. The molecule has 20 heavy (non-hydrogen) atoms. The second kappa shape index (κ2) is 5.71. The van der Waals surface area contributed by atoms with E-state index in [9.17, 15) is 17.6 Å². The molecule has 0 aliphatic rings. The average Bonchev–Trinajstić information content (AvgIpc) is 2.40. The maximum Gasteiger partial charge on any atom is 0.419 e. The van der Waals surface area contributed by atoms with Gasteiger partial charge in [0.25, 0.3) is 0 Å². The molecule has 0 bridgehead atoms. The van der Waals surface area contributed by atoms with Crippen molar-refractivity contribution in [3.05, 3.63) is 59.4 Å². The van der Waals surface area contributed by atoms with Gasteiger partial charge in [-0.2, -0.15) is 13.2 Å². The summed E-state index contributed by atoms with van der Waals surface area (Å²) in [5, 5.41) is 0. The molecule has 0 radical (unpaired) electrons. The fourth-order valence-electron chi connectivity index (χ4n) is 1.62. The zero-order valence-corrected chi connectivity index (χ0v) is 10.8. The Hall–Kier alpha value is -1.75. The van der Waals surface area contributed by atoms with Crippen molar-refractivity contribution in [1.29, 1.82) is 0 Å². The lowest BCUT2D eigenvalue weighted by Crippen LogP contribution is -2.08. The highest BCUT2D eigenvalue weighted by atomic mass is 35.5. The monoisotopic (exact) mass is 304 g/mol. The molecule has 0 N–H and O–H groups in total. The molecule has 0 amide bonds. The van der Waals surface area contributed by atoms with E-state index in [4.69, 9.17) is 16.3 Å². The molecule has 0 aliphatic carbocycles. The Bertz CT molecular complexity index is 610. The van der Waals surface area contributed by atoms with Gasteiger partial charge in [-0.1, -0.05) is 18.2 Å². The van der Waals surface area contributed by atoms with Gasteiger partial charge in [0.2, 0.25) is 0 Å². The Labute approximate surface area is 117 Å². The molecule has 0 aliphatic heterocycles. The quantitative estimate of drug-likeness (QED) is 0.547. The molecule has 1 nitrogen and oxygen atoms in total. The normalized spacial score (nSPS) is 11.4. The van der Waals surface area contributed by atoms with Gasteiger partial charge in [0.15, 0.2) is 11.6 Å². The lowest BCUT2D eigenvalue weighted by Gasteiger charge is -2.15. The van der Waals surface area contributed by atoms with Crippen molar-refractivity contribution in [3.63, 3.8) is 0 Å². The van der Waals surface area contributed by atoms with Gasteiger partial charge in [-0.05, 0) is 29.8 Å². The summed E-state index contributed by atoms with van der Waals surface area (Å²) in [6.45, 7) is 0. The molecule has 106 valence electrons. The number of alkyl halides is 4. The molecular weight excluding hydrogens is 296 g/mol. The van der Waals surface area contributed by atoms with Crippen molar-refractivity contribution in [2.24, 2.45) is 0 Å². The first-order valence-electron chi connectivity index (χ1n) is 5.60. The zero-order chi connectivity index (χ0) is 14.8. The first kappa shape index (κ1) is 14.7. The van der Waals surface area contributed by atoms with Crippen LogP contribution in [0.1, 0.15) is 11.1 Å². The molecule has 0 aromatic heterocycles. The first-order chi connectivity index (χ1) is 9.41. The highest BCUT2D eigenvalue weighted by molar-refractivity contribution is 6.17. The smallest absolute Gasteiger partial charge is 0.419 e. The van der Waals surface area contributed by atoms with Gasteiger partial charge in [0.1, 0.15) is 5.75 Å². The van der Waals surface area contributed by atoms with Crippen LogP contribution in [-0.4, -0.2) is 0 Å². The van der Waals surface area contributed by atoms with E-state index in [1.165, 1.54) is 24.3 Å². The van der Waals surface area contributed by atoms with Crippen LogP contribution in [0.5, 0.6) is 11.5 Å². The summed E-state index contributed by atoms with van der Waals surface area (Å²) in [4.78, 5) is 0. The highest BCUT2D eigenvalue weighted by Gasteiger charge is 2.35. The predicted molar refractivity (Wildman–Crippen MR) is 67.5 cm³/mol. The lowest BCUT2D eigenvalue weighted by atomic mass is 10.1. The fourth-order valence-corrected chi connectivity index (χ4v) is 1.78. The van der Waals surface area contributed by atoms with Gasteiger partial charge in [-0.3, -0.25) is 0 Å². The number of halogens is 5. The Morgan fingerprint density at radius 2 is 1.70 bits per heavy atom. The van der Waals surface area contributed by atoms with Gasteiger partial charge in [0, 0.05) is 5.88 Å². The van der Waals surface area contributed by atoms with E-state index >= 15 is 0 Å². The molecule has 0 unspecified atom stereocenters. The van der Waals surface area contributed by atoms with Crippen molar-refractivity contribution >= 4 is 11.6 Å². The van der Waals surface area contributed by atoms with Crippen LogP contribution in [0, 0.1) is 5.82 Å². The maximum absolute atomic E-state index is 13.4. The van der Waals surface area contributed by atoms with Crippen LogP contribution >= 0.6 is 11.6 Å². The van der Waals surface area contributed by atoms with Crippen molar-refractivity contribution in [2.45, 2.75) is 12.1 Å². The molecule has 2 rings (SSSR count). The highest BCUT2D eigenvalue weighted by Crippen LogP contribution is 2.39. The van der Waals surface area contributed by atoms with E-state index in [0.717, 1.165) is 18.2 Å². The Kier molecular flexibility index (Phi) is 4.18. The molecule has 6 heteroatoms. The number of hydrogen-bond acceptors (Lipinski definition) is 1. The van der Waals surface area contributed by atoms with Gasteiger partial charge >= 0.3 is 6.18 Å². The van der Waals surface area contributed by atoms with E-state index in [1.54, 1.807) is 0 Å². The third-order valence-corrected chi connectivity index (χ3v) is 2.87. The molecular formula is C14H9ClF4O. The number of para-hydroxylation sites is 1. The Morgan fingerprint density at radius 3 is 2.30 bits per heavy atom. The number of benzene rings is 2. The zero-order valence-electron chi connectivity index (χ0n) is 10.0. The van der Waals surface area contributed by atoms with E-state index in [0.29, 0.717) is 5.56 Å². The average molecular weight is 305 g/mol. The fraction of sp³-hybridized carbons (Fsp3) is 0.143. The van der Waals surface area contributed by atoms with Crippen molar-refractivity contribution in [1.82, 2.24) is 0 Å². The molecule has 0 spiro atoms. The second-order valence-corrected chi connectivity index (χ2v) is 4.26. The van der Waals surface area contributed by atoms with Gasteiger partial charge in [-0.15, -0.1) is 11.6 Å². The number of rotatable bonds is 3. The summed E-state index contributed by atoms with van der Waals surface area (Å²) < 4.78 is 57.3. The van der Waals surface area contributed by atoms with Crippen LogP contribution in [0.2, 0.25) is 0 Å². The molecule has 0 fully saturated rings. The lowest BCUT2D eigenvalue weighted by molar-refractivity contribution is -0.138. The van der Waals surface area contributed by atoms with E-state index in [-0.39, 0.29) is 11.6 Å². The number of hydrogen-bond donors (Lipinski definition) is 0. The molecule has 0 atom stereocenters. The Balaban J connectivity index is 2.44. The van der Waals surface area contributed by atoms with Gasteiger partial charge in [0.05, 0.1) is 5.56 Å². The first-order valence-corrected chi connectivity index (χ1v) is 6.13. The largest absolute Gasteiger partial charge is 0.454 e. The predicted octanol–water partition coefficient (Wildman–Crippen LogP) is 5.38. The summed E-state index contributed by atoms with van der Waals surface area (Å²) in [6, 6.07) is 8.68. The van der Waals surface area contributed by atoms with Crippen molar-refractivity contribution in [3.8, 4) is 11.5 Å². The summed E-state index contributed by atoms with van der Waals surface area (Å²) in [5.41, 5.74) is -0.682. The summed E-state index contributed by atoms with van der Waals surface area (Å²) >= 11 is 5.52. The van der Waals surface area contributed by atoms with Crippen molar-refractivity contribution in [2.75, 3.05) is 0 Å². The molecule has 0 heterocycles.